The van der Waals surface area contributed by atoms with Crippen LogP contribution in [0.15, 0.2) is 53.5 Å². The van der Waals surface area contributed by atoms with E-state index in [0.717, 1.165) is 11.1 Å². The lowest BCUT2D eigenvalue weighted by Crippen LogP contribution is -2.21. The summed E-state index contributed by atoms with van der Waals surface area (Å²) in [6.07, 6.45) is 1.82. The van der Waals surface area contributed by atoms with E-state index in [-0.39, 0.29) is 5.56 Å². The Labute approximate surface area is 88.8 Å². The minimum absolute atomic E-state index is 0.0846. The number of hydrogen-bond acceptors (Lipinski definition) is 1. The molecule has 1 aromatic heterocycles. The first kappa shape index (κ1) is 9.71. The summed E-state index contributed by atoms with van der Waals surface area (Å²) in [6, 6.07) is 13.7. The van der Waals surface area contributed by atoms with Crippen molar-refractivity contribution in [3.05, 3.63) is 70.1 Å². The Morgan fingerprint density at radius 3 is 2.53 bits per heavy atom. The SMILES string of the molecule is Cc1cccn(Cc2ccccc2)c1=O. The fourth-order valence-electron chi connectivity index (χ4n) is 1.56. The molecule has 0 unspecified atom stereocenters. The second-order valence-corrected chi connectivity index (χ2v) is 3.61. The lowest BCUT2D eigenvalue weighted by atomic mass is 10.2. The normalized spacial score (nSPS) is 10.2. The third-order valence-corrected chi connectivity index (χ3v) is 2.41. The molecule has 0 aliphatic carbocycles. The number of rotatable bonds is 2. The van der Waals surface area contributed by atoms with Gasteiger partial charge in [0.05, 0.1) is 6.54 Å². The number of nitrogens with zero attached hydrogens (tertiary/aromatic N) is 1. The monoisotopic (exact) mass is 199 g/mol. The van der Waals surface area contributed by atoms with E-state index in [0.29, 0.717) is 6.54 Å². The molecule has 2 aromatic rings. The predicted octanol–water partition coefficient (Wildman–Crippen LogP) is 2.21. The number of hydrogen-bond donors (Lipinski definition) is 0. The van der Waals surface area contributed by atoms with Gasteiger partial charge < -0.3 is 4.57 Å². The maximum atomic E-state index is 11.7. The molecule has 0 fully saturated rings. The molecule has 2 nitrogen and oxygen atoms in total. The zero-order valence-corrected chi connectivity index (χ0v) is 8.68. The van der Waals surface area contributed by atoms with E-state index in [9.17, 15) is 4.79 Å². The summed E-state index contributed by atoms with van der Waals surface area (Å²) in [5, 5.41) is 0. The molecule has 0 radical (unpaired) electrons. The minimum atomic E-state index is 0.0846. The van der Waals surface area contributed by atoms with Crippen molar-refractivity contribution in [1.82, 2.24) is 4.57 Å². The van der Waals surface area contributed by atoms with Crippen LogP contribution in [-0.4, -0.2) is 4.57 Å². The molecule has 0 aliphatic heterocycles. The van der Waals surface area contributed by atoms with E-state index < -0.39 is 0 Å². The van der Waals surface area contributed by atoms with Crippen molar-refractivity contribution in [2.75, 3.05) is 0 Å². The van der Waals surface area contributed by atoms with E-state index in [4.69, 9.17) is 0 Å². The summed E-state index contributed by atoms with van der Waals surface area (Å²) in [4.78, 5) is 11.7. The van der Waals surface area contributed by atoms with Crippen molar-refractivity contribution in [3.63, 3.8) is 0 Å². The first-order valence-electron chi connectivity index (χ1n) is 4.97. The summed E-state index contributed by atoms with van der Waals surface area (Å²) in [7, 11) is 0. The fraction of sp³-hybridized carbons (Fsp3) is 0.154. The molecule has 15 heavy (non-hydrogen) atoms. The molecule has 2 rings (SSSR count). The maximum absolute atomic E-state index is 11.7. The van der Waals surface area contributed by atoms with Gasteiger partial charge in [0.25, 0.3) is 5.56 Å². The third-order valence-electron chi connectivity index (χ3n) is 2.41. The second kappa shape index (κ2) is 4.13. The summed E-state index contributed by atoms with van der Waals surface area (Å²) < 4.78 is 1.73. The van der Waals surface area contributed by atoms with Crippen LogP contribution in [0.25, 0.3) is 0 Å². The van der Waals surface area contributed by atoms with E-state index in [1.165, 1.54) is 0 Å². The summed E-state index contributed by atoms with van der Waals surface area (Å²) in [6.45, 7) is 2.48. The lowest BCUT2D eigenvalue weighted by Gasteiger charge is -2.05. The largest absolute Gasteiger partial charge is 0.311 e. The van der Waals surface area contributed by atoms with Gasteiger partial charge >= 0.3 is 0 Å². The van der Waals surface area contributed by atoms with E-state index >= 15 is 0 Å². The van der Waals surface area contributed by atoms with Crippen LogP contribution in [0.3, 0.4) is 0 Å². The van der Waals surface area contributed by atoms with Gasteiger partial charge in [-0.1, -0.05) is 36.4 Å². The van der Waals surface area contributed by atoms with Gasteiger partial charge in [-0.25, -0.2) is 0 Å². The first-order chi connectivity index (χ1) is 7.27. The molecular formula is C13H13NO. The van der Waals surface area contributed by atoms with Crippen LogP contribution in [0.1, 0.15) is 11.1 Å². The van der Waals surface area contributed by atoms with Gasteiger partial charge in [0, 0.05) is 11.8 Å². The van der Waals surface area contributed by atoms with Crippen LogP contribution >= 0.6 is 0 Å². The summed E-state index contributed by atoms with van der Waals surface area (Å²) in [5.41, 5.74) is 2.01. The molecule has 76 valence electrons. The Kier molecular flexibility index (Phi) is 2.68. The van der Waals surface area contributed by atoms with Gasteiger partial charge in [-0.3, -0.25) is 4.79 Å². The molecule has 1 heterocycles. The molecule has 2 heteroatoms. The smallest absolute Gasteiger partial charge is 0.253 e. The van der Waals surface area contributed by atoms with Crippen molar-refractivity contribution < 1.29 is 0 Å². The molecule has 0 N–H and O–H groups in total. The van der Waals surface area contributed by atoms with Crippen molar-refractivity contribution in [1.29, 1.82) is 0 Å². The van der Waals surface area contributed by atoms with Gasteiger partial charge in [-0.15, -0.1) is 0 Å². The highest BCUT2D eigenvalue weighted by Crippen LogP contribution is 2.00. The Morgan fingerprint density at radius 1 is 1.07 bits per heavy atom. The van der Waals surface area contributed by atoms with Crippen molar-refractivity contribution in [3.8, 4) is 0 Å². The maximum Gasteiger partial charge on any atom is 0.253 e. The Hall–Kier alpha value is -1.83. The van der Waals surface area contributed by atoms with Crippen molar-refractivity contribution in [2.45, 2.75) is 13.5 Å². The average molecular weight is 199 g/mol. The number of aryl methyl sites for hydroxylation is 1. The molecular weight excluding hydrogens is 186 g/mol. The average Bonchev–Trinajstić information content (AvgIpc) is 2.26. The molecule has 0 saturated carbocycles. The summed E-state index contributed by atoms with van der Waals surface area (Å²) >= 11 is 0. The summed E-state index contributed by atoms with van der Waals surface area (Å²) in [5.74, 6) is 0. The van der Waals surface area contributed by atoms with Crippen LogP contribution < -0.4 is 5.56 Å². The molecule has 0 aliphatic rings. The van der Waals surface area contributed by atoms with Crippen LogP contribution in [0, 0.1) is 6.92 Å². The van der Waals surface area contributed by atoms with Crippen molar-refractivity contribution in [2.24, 2.45) is 0 Å². The standard InChI is InChI=1S/C13H13NO/c1-11-6-5-9-14(13(11)15)10-12-7-3-2-4-8-12/h2-9H,10H2,1H3. The zero-order valence-electron chi connectivity index (χ0n) is 8.68. The van der Waals surface area contributed by atoms with Crippen molar-refractivity contribution >= 4 is 0 Å². The van der Waals surface area contributed by atoms with Gasteiger partial charge in [-0.2, -0.15) is 0 Å². The van der Waals surface area contributed by atoms with E-state index in [2.05, 4.69) is 0 Å². The van der Waals surface area contributed by atoms with E-state index in [1.54, 1.807) is 4.57 Å². The Morgan fingerprint density at radius 2 is 1.80 bits per heavy atom. The topological polar surface area (TPSA) is 22.0 Å². The zero-order chi connectivity index (χ0) is 10.7. The number of benzene rings is 1. The minimum Gasteiger partial charge on any atom is -0.311 e. The molecule has 0 atom stereocenters. The number of aromatic nitrogens is 1. The highest BCUT2D eigenvalue weighted by atomic mass is 16.1. The molecule has 1 aromatic carbocycles. The van der Waals surface area contributed by atoms with Crippen LogP contribution in [0.5, 0.6) is 0 Å². The van der Waals surface area contributed by atoms with E-state index in [1.807, 2.05) is 55.6 Å². The lowest BCUT2D eigenvalue weighted by molar-refractivity contribution is 0.752. The number of pyridine rings is 1. The second-order valence-electron chi connectivity index (χ2n) is 3.61. The first-order valence-corrected chi connectivity index (χ1v) is 4.97. The molecule has 0 saturated heterocycles. The molecule has 0 amide bonds. The van der Waals surface area contributed by atoms with Crippen LogP contribution in [0.4, 0.5) is 0 Å². The van der Waals surface area contributed by atoms with Crippen LogP contribution in [0.2, 0.25) is 0 Å². The van der Waals surface area contributed by atoms with Crippen LogP contribution in [-0.2, 0) is 6.54 Å². The Bertz CT molecular complexity index is 499. The highest BCUT2D eigenvalue weighted by molar-refractivity contribution is 5.16. The quantitative estimate of drug-likeness (QED) is 0.726. The fourth-order valence-corrected chi connectivity index (χ4v) is 1.56. The van der Waals surface area contributed by atoms with Gasteiger partial charge in [-0.05, 0) is 18.6 Å². The van der Waals surface area contributed by atoms with Gasteiger partial charge in [0.15, 0.2) is 0 Å². The predicted molar refractivity (Wildman–Crippen MR) is 61.0 cm³/mol. The highest BCUT2D eigenvalue weighted by Gasteiger charge is 1.98. The van der Waals surface area contributed by atoms with Gasteiger partial charge in [0.2, 0.25) is 0 Å². The Balaban J connectivity index is 2.33. The third kappa shape index (κ3) is 2.15. The van der Waals surface area contributed by atoms with Gasteiger partial charge in [0.1, 0.15) is 0 Å². The molecule has 0 spiro atoms. The molecule has 0 bridgehead atoms.